The number of carbonyl (C=O) groups excluding carboxylic acids is 4. The molecule has 3 unspecified atom stereocenters. The van der Waals surface area contributed by atoms with Crippen molar-refractivity contribution < 1.29 is 80.2 Å². The summed E-state index contributed by atoms with van der Waals surface area (Å²) in [4.78, 5) is 73.1. The zero-order valence-electron chi connectivity index (χ0n) is 66.6. The SMILES string of the molecule is CCCCCC/C=C\C=C/CCCCCCCC(=O)O[C@H](COC(=O)CCCCCCCCCCCCCCCC(C)C)COP(=O)(O)OC[C@@H](O)COP(=O)(O)OC[C@@H](COC(=O)CCCCCCCCC(C)CC)OC(=O)CCCCCCCCCCCCCCCCCCCCC(C)C. The summed E-state index contributed by atoms with van der Waals surface area (Å²) in [7, 11) is -9.94. The van der Waals surface area contributed by atoms with Crippen LogP contribution in [0.25, 0.3) is 0 Å². The van der Waals surface area contributed by atoms with Gasteiger partial charge in [-0.25, -0.2) is 9.13 Å². The number of allylic oxidation sites excluding steroid dienone is 4. The molecule has 0 aromatic heterocycles. The number of unbranched alkanes of at least 4 members (excludes halogenated alkanes) is 43. The minimum atomic E-state index is -4.97. The van der Waals surface area contributed by atoms with Crippen molar-refractivity contribution in [3.63, 3.8) is 0 Å². The Morgan fingerprint density at radius 2 is 0.578 bits per heavy atom. The molecule has 19 heteroatoms. The molecule has 0 spiro atoms. The van der Waals surface area contributed by atoms with Crippen molar-refractivity contribution in [3.05, 3.63) is 24.3 Å². The van der Waals surface area contributed by atoms with Gasteiger partial charge in [-0.05, 0) is 69.1 Å². The Kier molecular flexibility index (Phi) is 71.0. The number of hydrogen-bond acceptors (Lipinski definition) is 15. The lowest BCUT2D eigenvalue weighted by Crippen LogP contribution is -2.30. The van der Waals surface area contributed by atoms with Crippen LogP contribution < -0.4 is 0 Å². The molecule has 102 heavy (non-hydrogen) atoms. The van der Waals surface area contributed by atoms with Crippen LogP contribution in [0.15, 0.2) is 24.3 Å². The maximum Gasteiger partial charge on any atom is 0.472 e. The van der Waals surface area contributed by atoms with Crippen LogP contribution in [0.5, 0.6) is 0 Å². The fourth-order valence-corrected chi connectivity index (χ4v) is 13.8. The van der Waals surface area contributed by atoms with Gasteiger partial charge in [0.25, 0.3) is 0 Å². The standard InChI is InChI=1S/C83H158O17P2/c1-8-10-11-12-13-14-15-16-21-27-33-38-43-52-59-66-82(87)99-78(70-93-80(85)64-57-50-42-37-32-29-24-26-31-36-41-48-55-62-75(5)6)72-97-101(89,90)95-68-77(84)69-96-102(91,92)98-73-79(71-94-81(86)65-58-51-46-45-49-56-63-76(7)9-2)100-83(88)67-60-53-44-39-34-28-23-20-18-17-19-22-25-30-35-40-47-54-61-74(3)4/h14-16,21,74-79,84H,8-13,17-20,22-73H2,1-7H3,(H,89,90)(H,91,92)/b15-14-,21-16-/t76?,77-,78-,79-/m1/s1. The van der Waals surface area contributed by atoms with Crippen molar-refractivity contribution in [2.24, 2.45) is 17.8 Å². The van der Waals surface area contributed by atoms with Gasteiger partial charge < -0.3 is 33.8 Å². The zero-order chi connectivity index (χ0) is 75.1. The molecule has 0 aromatic rings. The Hall–Kier alpha value is -2.46. The molecule has 0 saturated heterocycles. The van der Waals surface area contributed by atoms with Crippen LogP contribution in [0.2, 0.25) is 0 Å². The van der Waals surface area contributed by atoms with Gasteiger partial charge in [-0.2, -0.15) is 0 Å². The average Bonchev–Trinajstić information content (AvgIpc) is 0.918. The molecule has 3 N–H and O–H groups in total. The molecular formula is C83H158O17P2. The second kappa shape index (κ2) is 72.7. The van der Waals surface area contributed by atoms with E-state index in [0.29, 0.717) is 25.7 Å². The third-order valence-electron chi connectivity index (χ3n) is 19.1. The summed E-state index contributed by atoms with van der Waals surface area (Å²) in [5.74, 6) is 0.197. The highest BCUT2D eigenvalue weighted by atomic mass is 31.2. The smallest absolute Gasteiger partial charge is 0.462 e. The molecule has 17 nitrogen and oxygen atoms in total. The summed E-state index contributed by atoms with van der Waals surface area (Å²) in [5, 5.41) is 10.6. The summed E-state index contributed by atoms with van der Waals surface area (Å²) in [6.45, 7) is 11.9. The highest BCUT2D eigenvalue weighted by molar-refractivity contribution is 7.47. The van der Waals surface area contributed by atoms with Crippen molar-refractivity contribution in [2.45, 2.75) is 426 Å². The molecule has 0 saturated carbocycles. The molecule has 0 aromatic carbocycles. The maximum absolute atomic E-state index is 13.1. The number of rotatable bonds is 79. The Bertz CT molecular complexity index is 2070. The normalized spacial score (nSPS) is 14.4. The highest BCUT2D eigenvalue weighted by Gasteiger charge is 2.30. The lowest BCUT2D eigenvalue weighted by molar-refractivity contribution is -0.161. The summed E-state index contributed by atoms with van der Waals surface area (Å²) >= 11 is 0. The van der Waals surface area contributed by atoms with Crippen LogP contribution >= 0.6 is 15.6 Å². The van der Waals surface area contributed by atoms with Crippen LogP contribution in [-0.4, -0.2) is 96.7 Å². The summed E-state index contributed by atoms with van der Waals surface area (Å²) in [6.07, 6.45) is 64.7. The fraction of sp³-hybridized carbons (Fsp3) is 0.904. The molecule has 0 radical (unpaired) electrons. The van der Waals surface area contributed by atoms with Crippen LogP contribution in [0.1, 0.15) is 408 Å². The topological polar surface area (TPSA) is 237 Å². The summed E-state index contributed by atoms with van der Waals surface area (Å²) in [5.41, 5.74) is 0. The van der Waals surface area contributed by atoms with Gasteiger partial charge in [-0.1, -0.05) is 355 Å². The largest absolute Gasteiger partial charge is 0.472 e. The fourth-order valence-electron chi connectivity index (χ4n) is 12.3. The molecule has 602 valence electrons. The van der Waals surface area contributed by atoms with E-state index >= 15 is 0 Å². The summed E-state index contributed by atoms with van der Waals surface area (Å²) in [6, 6.07) is 0. The van der Waals surface area contributed by atoms with E-state index in [0.717, 1.165) is 127 Å². The van der Waals surface area contributed by atoms with Gasteiger partial charge in [0.15, 0.2) is 12.2 Å². The van der Waals surface area contributed by atoms with Crippen LogP contribution in [-0.2, 0) is 65.4 Å². The Morgan fingerprint density at radius 1 is 0.324 bits per heavy atom. The number of carbonyl (C=O) groups is 4. The Balaban J connectivity index is 5.24. The molecule has 0 aliphatic heterocycles. The molecule has 0 aliphatic carbocycles. The minimum absolute atomic E-state index is 0.0850. The predicted octanol–water partition coefficient (Wildman–Crippen LogP) is 24.5. The lowest BCUT2D eigenvalue weighted by atomic mass is 10.00. The highest BCUT2D eigenvalue weighted by Crippen LogP contribution is 2.45. The number of hydrogen-bond donors (Lipinski definition) is 3. The van der Waals surface area contributed by atoms with E-state index in [9.17, 15) is 43.2 Å². The molecule has 0 amide bonds. The second-order valence-electron chi connectivity index (χ2n) is 30.4. The van der Waals surface area contributed by atoms with E-state index < -0.39 is 97.5 Å². The van der Waals surface area contributed by atoms with E-state index in [2.05, 4.69) is 72.8 Å². The van der Waals surface area contributed by atoms with Gasteiger partial charge in [-0.15, -0.1) is 0 Å². The summed E-state index contributed by atoms with van der Waals surface area (Å²) < 4.78 is 68.7. The first-order valence-electron chi connectivity index (χ1n) is 42.2. The van der Waals surface area contributed by atoms with Crippen LogP contribution in [0.3, 0.4) is 0 Å². The van der Waals surface area contributed by atoms with Crippen molar-refractivity contribution in [2.75, 3.05) is 39.6 Å². The molecule has 0 bridgehead atoms. The monoisotopic (exact) mass is 1490 g/mol. The first-order chi connectivity index (χ1) is 49.3. The van der Waals surface area contributed by atoms with Crippen molar-refractivity contribution in [1.82, 2.24) is 0 Å². The quantitative estimate of drug-likeness (QED) is 0.0169. The van der Waals surface area contributed by atoms with Gasteiger partial charge in [0, 0.05) is 25.7 Å². The third-order valence-corrected chi connectivity index (χ3v) is 21.0. The first kappa shape index (κ1) is 99.5. The van der Waals surface area contributed by atoms with Crippen LogP contribution in [0, 0.1) is 17.8 Å². The number of phosphoric acid groups is 2. The maximum atomic E-state index is 13.1. The van der Waals surface area contributed by atoms with E-state index in [4.69, 9.17) is 37.0 Å². The van der Waals surface area contributed by atoms with Gasteiger partial charge in [0.2, 0.25) is 0 Å². The minimum Gasteiger partial charge on any atom is -0.462 e. The average molecular weight is 1490 g/mol. The zero-order valence-corrected chi connectivity index (χ0v) is 68.4. The molecular weight excluding hydrogens is 1330 g/mol. The van der Waals surface area contributed by atoms with Crippen molar-refractivity contribution in [3.8, 4) is 0 Å². The van der Waals surface area contributed by atoms with Gasteiger partial charge >= 0.3 is 39.5 Å². The van der Waals surface area contributed by atoms with Gasteiger partial charge in [0.05, 0.1) is 26.4 Å². The first-order valence-corrected chi connectivity index (χ1v) is 45.2. The molecule has 0 rings (SSSR count). The van der Waals surface area contributed by atoms with E-state index in [1.54, 1.807) is 0 Å². The molecule has 0 aliphatic rings. The third kappa shape index (κ3) is 74.4. The van der Waals surface area contributed by atoms with E-state index in [1.807, 2.05) is 0 Å². The number of phosphoric ester groups is 2. The van der Waals surface area contributed by atoms with Crippen molar-refractivity contribution in [1.29, 1.82) is 0 Å². The number of aliphatic hydroxyl groups excluding tert-OH is 1. The van der Waals surface area contributed by atoms with E-state index in [-0.39, 0.29) is 25.7 Å². The van der Waals surface area contributed by atoms with Crippen molar-refractivity contribution >= 4 is 39.5 Å². The number of esters is 4. The van der Waals surface area contributed by atoms with Gasteiger partial charge in [-0.3, -0.25) is 37.3 Å². The number of ether oxygens (including phenoxy) is 4. The molecule has 0 fully saturated rings. The number of aliphatic hydroxyl groups is 1. The lowest BCUT2D eigenvalue weighted by Gasteiger charge is -2.21. The Labute approximate surface area is 624 Å². The predicted molar refractivity (Wildman–Crippen MR) is 418 cm³/mol. The van der Waals surface area contributed by atoms with E-state index in [1.165, 1.54) is 199 Å². The second-order valence-corrected chi connectivity index (χ2v) is 33.3. The van der Waals surface area contributed by atoms with Crippen LogP contribution in [0.4, 0.5) is 0 Å². The molecule has 6 atom stereocenters. The van der Waals surface area contributed by atoms with Gasteiger partial charge in [0.1, 0.15) is 19.3 Å². The molecule has 0 heterocycles. The Morgan fingerprint density at radius 3 is 0.873 bits per heavy atom.